The SMILES string of the molecule is CC(=O)c1ccc(CCCCCCCCCc2ccc(C(=O)O)c(F)c2)cc1F. The quantitative estimate of drug-likeness (QED) is 0.331. The van der Waals surface area contributed by atoms with Crippen molar-refractivity contribution < 1.29 is 23.5 Å². The summed E-state index contributed by atoms with van der Waals surface area (Å²) in [5.41, 5.74) is 1.62. The number of carbonyl (C=O) groups excluding carboxylic acids is 1. The van der Waals surface area contributed by atoms with E-state index < -0.39 is 17.6 Å². The molecule has 29 heavy (non-hydrogen) atoms. The molecule has 0 aliphatic carbocycles. The number of aromatic carboxylic acids is 1. The molecule has 5 heteroatoms. The molecule has 0 atom stereocenters. The number of benzene rings is 2. The van der Waals surface area contributed by atoms with Crippen LogP contribution in [0.2, 0.25) is 0 Å². The van der Waals surface area contributed by atoms with Crippen LogP contribution in [0.1, 0.15) is 83.7 Å². The summed E-state index contributed by atoms with van der Waals surface area (Å²) in [5.74, 6) is -2.61. The lowest BCUT2D eigenvalue weighted by atomic mass is 10.0. The van der Waals surface area contributed by atoms with Gasteiger partial charge in [0, 0.05) is 0 Å². The van der Waals surface area contributed by atoms with E-state index in [0.717, 1.165) is 68.9 Å². The molecule has 0 amide bonds. The average molecular weight is 402 g/mol. The van der Waals surface area contributed by atoms with Crippen molar-refractivity contribution in [3.05, 3.63) is 70.3 Å². The van der Waals surface area contributed by atoms with Gasteiger partial charge in [0.25, 0.3) is 0 Å². The standard InChI is InChI=1S/C24H28F2O3/c1-17(27)20-13-11-18(15-22(20)25)9-7-5-3-2-4-6-8-10-19-12-14-21(24(28)29)23(26)16-19/h11-16H,2-10H2,1H3,(H,28,29). The summed E-state index contributed by atoms with van der Waals surface area (Å²) in [6, 6.07) is 9.17. The lowest BCUT2D eigenvalue weighted by molar-refractivity contribution is 0.0691. The summed E-state index contributed by atoms with van der Waals surface area (Å²) >= 11 is 0. The summed E-state index contributed by atoms with van der Waals surface area (Å²) in [4.78, 5) is 22.0. The molecule has 3 nitrogen and oxygen atoms in total. The summed E-state index contributed by atoms with van der Waals surface area (Å²) in [6.07, 6.45) is 9.00. The fourth-order valence-electron chi connectivity index (χ4n) is 3.43. The third kappa shape index (κ3) is 7.41. The number of aryl methyl sites for hydroxylation is 2. The summed E-state index contributed by atoms with van der Waals surface area (Å²) in [7, 11) is 0. The van der Waals surface area contributed by atoms with Gasteiger partial charge in [-0.1, -0.05) is 44.2 Å². The molecule has 2 rings (SSSR count). The summed E-state index contributed by atoms with van der Waals surface area (Å²) in [5, 5.41) is 8.83. The van der Waals surface area contributed by atoms with Gasteiger partial charge >= 0.3 is 5.97 Å². The second kappa shape index (κ2) is 11.4. The van der Waals surface area contributed by atoms with Gasteiger partial charge in [-0.25, -0.2) is 13.6 Å². The van der Waals surface area contributed by atoms with Crippen LogP contribution in [0.25, 0.3) is 0 Å². The second-order valence-electron chi connectivity index (χ2n) is 7.46. The minimum atomic E-state index is -1.24. The van der Waals surface area contributed by atoms with Gasteiger partial charge in [0.1, 0.15) is 11.6 Å². The molecule has 0 radical (unpaired) electrons. The van der Waals surface area contributed by atoms with Crippen LogP contribution >= 0.6 is 0 Å². The molecule has 2 aromatic carbocycles. The smallest absolute Gasteiger partial charge is 0.338 e. The van der Waals surface area contributed by atoms with Crippen LogP contribution in [0.15, 0.2) is 36.4 Å². The topological polar surface area (TPSA) is 54.4 Å². The molecule has 0 aliphatic rings. The van der Waals surface area contributed by atoms with E-state index in [-0.39, 0.29) is 16.9 Å². The Hall–Kier alpha value is -2.56. The van der Waals surface area contributed by atoms with Crippen molar-refractivity contribution in [2.24, 2.45) is 0 Å². The molecule has 0 saturated carbocycles. The molecular weight excluding hydrogens is 374 g/mol. The maximum Gasteiger partial charge on any atom is 0.338 e. The third-order valence-corrected chi connectivity index (χ3v) is 5.11. The number of carboxylic acid groups (broad SMARTS) is 1. The Balaban J connectivity index is 1.55. The molecule has 0 unspecified atom stereocenters. The molecule has 2 aromatic rings. The predicted octanol–water partition coefficient (Wildman–Crippen LogP) is 6.38. The van der Waals surface area contributed by atoms with E-state index in [1.807, 2.05) is 6.07 Å². The van der Waals surface area contributed by atoms with Crippen LogP contribution in [0.3, 0.4) is 0 Å². The number of hydrogen-bond donors (Lipinski definition) is 1. The van der Waals surface area contributed by atoms with Crippen LogP contribution in [0.4, 0.5) is 8.78 Å². The largest absolute Gasteiger partial charge is 0.478 e. The maximum absolute atomic E-state index is 13.8. The normalized spacial score (nSPS) is 10.9. The van der Waals surface area contributed by atoms with Gasteiger partial charge in [-0.3, -0.25) is 4.79 Å². The monoisotopic (exact) mass is 402 g/mol. The van der Waals surface area contributed by atoms with E-state index in [9.17, 15) is 18.4 Å². The predicted molar refractivity (Wildman–Crippen MR) is 109 cm³/mol. The number of ketones is 1. The molecule has 0 heterocycles. The average Bonchev–Trinajstić information content (AvgIpc) is 2.66. The molecule has 1 N–H and O–H groups in total. The van der Waals surface area contributed by atoms with Crippen molar-refractivity contribution in [1.29, 1.82) is 0 Å². The minimum Gasteiger partial charge on any atom is -0.478 e. The molecule has 0 aliphatic heterocycles. The fourth-order valence-corrected chi connectivity index (χ4v) is 3.43. The van der Waals surface area contributed by atoms with Crippen LogP contribution in [-0.4, -0.2) is 16.9 Å². The van der Waals surface area contributed by atoms with Crippen molar-refractivity contribution in [2.75, 3.05) is 0 Å². The Morgan fingerprint density at radius 3 is 1.52 bits per heavy atom. The first-order valence-electron chi connectivity index (χ1n) is 10.2. The Labute approximate surface area is 170 Å². The minimum absolute atomic E-state index is 0.148. The number of Topliss-reactive ketones (excluding diaryl/α,β-unsaturated/α-hetero) is 1. The van der Waals surface area contributed by atoms with Gasteiger partial charge < -0.3 is 5.11 Å². The third-order valence-electron chi connectivity index (χ3n) is 5.11. The first-order chi connectivity index (χ1) is 13.9. The maximum atomic E-state index is 13.8. The van der Waals surface area contributed by atoms with E-state index in [0.29, 0.717) is 0 Å². The highest BCUT2D eigenvalue weighted by atomic mass is 19.1. The van der Waals surface area contributed by atoms with E-state index in [4.69, 9.17) is 5.11 Å². The first-order valence-corrected chi connectivity index (χ1v) is 10.2. The van der Waals surface area contributed by atoms with Gasteiger partial charge in [0.2, 0.25) is 0 Å². The van der Waals surface area contributed by atoms with Gasteiger partial charge in [-0.15, -0.1) is 0 Å². The van der Waals surface area contributed by atoms with Crippen LogP contribution in [-0.2, 0) is 12.8 Å². The molecule has 0 saturated heterocycles. The molecule has 0 bridgehead atoms. The van der Waals surface area contributed by atoms with Crippen LogP contribution in [0.5, 0.6) is 0 Å². The van der Waals surface area contributed by atoms with Crippen molar-refractivity contribution in [3.63, 3.8) is 0 Å². The van der Waals surface area contributed by atoms with E-state index in [1.54, 1.807) is 12.1 Å². The van der Waals surface area contributed by atoms with Gasteiger partial charge in [-0.05, 0) is 68.0 Å². The van der Waals surface area contributed by atoms with E-state index in [1.165, 1.54) is 25.1 Å². The van der Waals surface area contributed by atoms with Crippen LogP contribution in [0, 0.1) is 11.6 Å². The Morgan fingerprint density at radius 1 is 0.724 bits per heavy atom. The van der Waals surface area contributed by atoms with E-state index >= 15 is 0 Å². The van der Waals surface area contributed by atoms with Crippen molar-refractivity contribution in [3.8, 4) is 0 Å². The molecular formula is C24H28F2O3. The highest BCUT2D eigenvalue weighted by Gasteiger charge is 2.10. The Kier molecular flexibility index (Phi) is 8.97. The highest BCUT2D eigenvalue weighted by Crippen LogP contribution is 2.16. The van der Waals surface area contributed by atoms with Gasteiger partial charge in [-0.2, -0.15) is 0 Å². The van der Waals surface area contributed by atoms with Gasteiger partial charge in [0.15, 0.2) is 5.78 Å². The fraction of sp³-hybridized carbons (Fsp3) is 0.417. The van der Waals surface area contributed by atoms with Crippen molar-refractivity contribution >= 4 is 11.8 Å². The lowest BCUT2D eigenvalue weighted by Crippen LogP contribution is -2.01. The van der Waals surface area contributed by atoms with Crippen molar-refractivity contribution in [2.45, 2.75) is 64.7 Å². The van der Waals surface area contributed by atoms with Crippen LogP contribution < -0.4 is 0 Å². The Bertz CT molecular complexity index is 777. The number of rotatable bonds is 12. The molecule has 0 aromatic heterocycles. The highest BCUT2D eigenvalue weighted by molar-refractivity contribution is 5.94. The zero-order chi connectivity index (χ0) is 21.2. The zero-order valence-corrected chi connectivity index (χ0v) is 16.8. The summed E-state index contributed by atoms with van der Waals surface area (Å²) in [6.45, 7) is 1.37. The van der Waals surface area contributed by atoms with Gasteiger partial charge in [0.05, 0.1) is 11.1 Å². The Morgan fingerprint density at radius 2 is 1.14 bits per heavy atom. The zero-order valence-electron chi connectivity index (χ0n) is 16.8. The molecule has 0 spiro atoms. The van der Waals surface area contributed by atoms with E-state index in [2.05, 4.69) is 0 Å². The second-order valence-corrected chi connectivity index (χ2v) is 7.46. The number of unbranched alkanes of at least 4 members (excludes halogenated alkanes) is 6. The number of carbonyl (C=O) groups is 2. The summed E-state index contributed by atoms with van der Waals surface area (Å²) < 4.78 is 27.4. The number of hydrogen-bond acceptors (Lipinski definition) is 2. The lowest BCUT2D eigenvalue weighted by Gasteiger charge is -2.06. The molecule has 156 valence electrons. The van der Waals surface area contributed by atoms with Crippen molar-refractivity contribution in [1.82, 2.24) is 0 Å². The first kappa shape index (κ1) is 22.7. The molecule has 0 fully saturated rings. The number of halogens is 2. The number of carboxylic acids is 1.